The van der Waals surface area contributed by atoms with Crippen LogP contribution < -0.4 is 5.32 Å². The number of nitrogens with zero attached hydrogens (tertiary/aromatic N) is 3. The summed E-state index contributed by atoms with van der Waals surface area (Å²) in [5.41, 5.74) is 1.49. The zero-order valence-corrected chi connectivity index (χ0v) is 17.4. The summed E-state index contributed by atoms with van der Waals surface area (Å²) in [5, 5.41) is 9.36. The van der Waals surface area contributed by atoms with Crippen molar-refractivity contribution in [3.8, 4) is 5.69 Å². The molecule has 1 N–H and O–H groups in total. The van der Waals surface area contributed by atoms with Gasteiger partial charge in [0.2, 0.25) is 0 Å². The van der Waals surface area contributed by atoms with E-state index in [0.29, 0.717) is 16.8 Å². The standard InChI is InChI=1S/C24H21F3N4O/c1-30-13-19-18-12-14(22(32)28-16-5-6-16)2-9-20(18)31(21(19)29-30)17-7-3-15(4-8-17)23(10-11-23)24(25,26)27/h2-4,7-9,12-13,16H,5-6,10-11H2,1H3,(H,28,32). The van der Waals surface area contributed by atoms with Gasteiger partial charge in [0.15, 0.2) is 5.65 Å². The number of benzene rings is 2. The molecule has 2 aromatic heterocycles. The summed E-state index contributed by atoms with van der Waals surface area (Å²) in [6.45, 7) is 0. The van der Waals surface area contributed by atoms with Crippen molar-refractivity contribution in [2.45, 2.75) is 43.3 Å². The molecule has 0 saturated heterocycles. The van der Waals surface area contributed by atoms with Crippen molar-refractivity contribution in [2.75, 3.05) is 0 Å². The SMILES string of the molecule is Cn1cc2c3cc(C(=O)NC4CC4)ccc3n(-c3ccc(C4(C(F)(F)F)CC4)cc3)c2n1. The first-order valence-corrected chi connectivity index (χ1v) is 10.7. The molecule has 2 aliphatic rings. The molecule has 4 aromatic rings. The number of hydrogen-bond acceptors (Lipinski definition) is 2. The van der Waals surface area contributed by atoms with E-state index in [-0.39, 0.29) is 24.8 Å². The largest absolute Gasteiger partial charge is 0.398 e. The van der Waals surface area contributed by atoms with Crippen LogP contribution in [0, 0.1) is 0 Å². The summed E-state index contributed by atoms with van der Waals surface area (Å²) in [7, 11) is 1.82. The zero-order chi connectivity index (χ0) is 22.3. The molecule has 1 amide bonds. The average Bonchev–Trinajstić information content (AvgIpc) is 3.66. The highest BCUT2D eigenvalue weighted by molar-refractivity contribution is 6.10. The van der Waals surface area contributed by atoms with Crippen LogP contribution in [0.15, 0.2) is 48.7 Å². The molecule has 0 aliphatic heterocycles. The number of halogens is 3. The normalized spacial score (nSPS) is 17.8. The van der Waals surface area contributed by atoms with Gasteiger partial charge in [0.1, 0.15) is 0 Å². The van der Waals surface area contributed by atoms with Gasteiger partial charge in [0.25, 0.3) is 5.91 Å². The smallest absolute Gasteiger partial charge is 0.349 e. The van der Waals surface area contributed by atoms with E-state index in [1.165, 1.54) is 0 Å². The molecular weight excluding hydrogens is 417 g/mol. The number of carbonyl (C=O) groups excluding carboxylic acids is 1. The van der Waals surface area contributed by atoms with Gasteiger partial charge in [-0.25, -0.2) is 0 Å². The lowest BCUT2D eigenvalue weighted by molar-refractivity contribution is -0.160. The highest BCUT2D eigenvalue weighted by atomic mass is 19.4. The highest BCUT2D eigenvalue weighted by Gasteiger charge is 2.64. The number of amides is 1. The number of fused-ring (bicyclic) bond motifs is 3. The van der Waals surface area contributed by atoms with Crippen LogP contribution in [0.25, 0.3) is 27.6 Å². The van der Waals surface area contributed by atoms with Crippen LogP contribution in [0.3, 0.4) is 0 Å². The molecule has 2 aliphatic carbocycles. The predicted molar refractivity (Wildman–Crippen MR) is 115 cm³/mol. The molecule has 0 radical (unpaired) electrons. The molecule has 6 rings (SSSR count). The Morgan fingerprint density at radius 2 is 1.81 bits per heavy atom. The first-order chi connectivity index (χ1) is 15.3. The molecule has 2 saturated carbocycles. The van der Waals surface area contributed by atoms with Crippen molar-refractivity contribution in [3.63, 3.8) is 0 Å². The fraction of sp³-hybridized carbons (Fsp3) is 0.333. The lowest BCUT2D eigenvalue weighted by Gasteiger charge is -2.20. The fourth-order valence-electron chi connectivity index (χ4n) is 4.58. The van der Waals surface area contributed by atoms with Crippen LogP contribution in [0.5, 0.6) is 0 Å². The number of aromatic nitrogens is 3. The van der Waals surface area contributed by atoms with Gasteiger partial charge in [-0.3, -0.25) is 14.0 Å². The summed E-state index contributed by atoms with van der Waals surface area (Å²) in [5.74, 6) is -0.0922. The van der Waals surface area contributed by atoms with Crippen molar-refractivity contribution in [1.82, 2.24) is 19.7 Å². The number of rotatable bonds is 4. The Hall–Kier alpha value is -3.29. The number of carbonyl (C=O) groups is 1. The molecule has 0 unspecified atom stereocenters. The summed E-state index contributed by atoms with van der Waals surface area (Å²) in [6.07, 6.45) is -0.0308. The van der Waals surface area contributed by atoms with E-state index in [9.17, 15) is 18.0 Å². The Morgan fingerprint density at radius 3 is 2.44 bits per heavy atom. The second kappa shape index (κ2) is 6.37. The number of alkyl halides is 3. The van der Waals surface area contributed by atoms with Crippen molar-refractivity contribution >= 4 is 27.8 Å². The summed E-state index contributed by atoms with van der Waals surface area (Å²) < 4.78 is 44.2. The highest BCUT2D eigenvalue weighted by Crippen LogP contribution is 2.58. The van der Waals surface area contributed by atoms with Crippen LogP contribution in [0.1, 0.15) is 41.6 Å². The summed E-state index contributed by atoms with van der Waals surface area (Å²) in [4.78, 5) is 12.5. The molecule has 0 atom stereocenters. The van der Waals surface area contributed by atoms with Gasteiger partial charge in [-0.05, 0) is 61.6 Å². The van der Waals surface area contributed by atoms with E-state index in [4.69, 9.17) is 0 Å². The second-order valence-electron chi connectivity index (χ2n) is 8.98. The van der Waals surface area contributed by atoms with Crippen LogP contribution in [-0.4, -0.2) is 32.5 Å². The predicted octanol–water partition coefficient (Wildman–Crippen LogP) is 5.00. The number of aryl methyl sites for hydroxylation is 1. The minimum atomic E-state index is -4.24. The molecule has 2 heterocycles. The van der Waals surface area contributed by atoms with Crippen molar-refractivity contribution in [3.05, 3.63) is 59.8 Å². The van der Waals surface area contributed by atoms with Gasteiger partial charge in [-0.15, -0.1) is 0 Å². The topological polar surface area (TPSA) is 51.9 Å². The van der Waals surface area contributed by atoms with Crippen molar-refractivity contribution < 1.29 is 18.0 Å². The molecule has 2 aromatic carbocycles. The first kappa shape index (κ1) is 19.4. The Bertz CT molecular complexity index is 1370. The Morgan fingerprint density at radius 1 is 1.09 bits per heavy atom. The van der Waals surface area contributed by atoms with Gasteiger partial charge >= 0.3 is 6.18 Å². The fourth-order valence-corrected chi connectivity index (χ4v) is 4.58. The maximum absolute atomic E-state index is 13.5. The van der Waals surface area contributed by atoms with Gasteiger partial charge in [0, 0.05) is 41.3 Å². The third kappa shape index (κ3) is 2.85. The Balaban J connectivity index is 1.46. The van der Waals surface area contributed by atoms with Crippen LogP contribution in [-0.2, 0) is 12.5 Å². The minimum Gasteiger partial charge on any atom is -0.349 e. The van der Waals surface area contributed by atoms with Crippen LogP contribution in [0.2, 0.25) is 0 Å². The molecule has 8 heteroatoms. The molecule has 164 valence electrons. The van der Waals surface area contributed by atoms with E-state index in [0.717, 1.165) is 34.8 Å². The van der Waals surface area contributed by atoms with Crippen LogP contribution in [0.4, 0.5) is 13.2 Å². The van der Waals surface area contributed by atoms with E-state index in [1.54, 1.807) is 35.0 Å². The second-order valence-corrected chi connectivity index (χ2v) is 8.98. The molecule has 32 heavy (non-hydrogen) atoms. The molecule has 0 spiro atoms. The maximum atomic E-state index is 13.5. The summed E-state index contributed by atoms with van der Waals surface area (Å²) in [6, 6.07) is 12.4. The monoisotopic (exact) mass is 438 g/mol. The van der Waals surface area contributed by atoms with E-state index >= 15 is 0 Å². The van der Waals surface area contributed by atoms with Gasteiger partial charge in [0.05, 0.1) is 10.9 Å². The third-order valence-electron chi connectivity index (χ3n) is 6.69. The van der Waals surface area contributed by atoms with E-state index in [2.05, 4.69) is 10.4 Å². The quantitative estimate of drug-likeness (QED) is 0.487. The van der Waals surface area contributed by atoms with Gasteiger partial charge < -0.3 is 5.32 Å². The summed E-state index contributed by atoms with van der Waals surface area (Å²) >= 11 is 0. The van der Waals surface area contributed by atoms with Crippen molar-refractivity contribution in [2.24, 2.45) is 7.05 Å². The third-order valence-corrected chi connectivity index (χ3v) is 6.69. The lowest BCUT2D eigenvalue weighted by atomic mass is 9.95. The molecule has 5 nitrogen and oxygen atoms in total. The lowest BCUT2D eigenvalue weighted by Crippen LogP contribution is -2.28. The first-order valence-electron chi connectivity index (χ1n) is 10.7. The van der Waals surface area contributed by atoms with Crippen LogP contribution >= 0.6 is 0 Å². The Labute approximate surface area is 181 Å². The number of hydrogen-bond donors (Lipinski definition) is 1. The van der Waals surface area contributed by atoms with Gasteiger partial charge in [-0.2, -0.15) is 18.3 Å². The average molecular weight is 438 g/mol. The van der Waals surface area contributed by atoms with Crippen molar-refractivity contribution in [1.29, 1.82) is 0 Å². The molecular formula is C24H21F3N4O. The maximum Gasteiger partial charge on any atom is 0.398 e. The molecule has 2 fully saturated rings. The Kier molecular flexibility index (Phi) is 3.86. The minimum absolute atomic E-state index is 0.0922. The molecule has 0 bridgehead atoms. The van der Waals surface area contributed by atoms with E-state index in [1.807, 2.05) is 29.9 Å². The zero-order valence-electron chi connectivity index (χ0n) is 17.4. The van der Waals surface area contributed by atoms with E-state index < -0.39 is 11.6 Å². The van der Waals surface area contributed by atoms with Gasteiger partial charge in [-0.1, -0.05) is 12.1 Å². The number of nitrogens with one attached hydrogen (secondary N) is 1.